The number of aromatic nitrogens is 2. The van der Waals surface area contributed by atoms with Crippen LogP contribution in [0.1, 0.15) is 86.5 Å². The largest absolute Gasteiger partial charge is 0.294 e. The average molecular weight is 1010 g/mol. The lowest BCUT2D eigenvalue weighted by Crippen LogP contribution is -2.74. The van der Waals surface area contributed by atoms with Crippen molar-refractivity contribution in [3.63, 3.8) is 0 Å². The molecule has 8 fully saturated rings. The maximum absolute atomic E-state index is 5.87. The van der Waals surface area contributed by atoms with Crippen molar-refractivity contribution in [2.45, 2.75) is 75.0 Å². The summed E-state index contributed by atoms with van der Waals surface area (Å²) in [6.07, 6.45) is 13.6. The van der Waals surface area contributed by atoms with Crippen LogP contribution in [0.25, 0.3) is 11.4 Å². The first-order chi connectivity index (χ1) is 38.1. The quantitative estimate of drug-likeness (QED) is 0.118. The Morgan fingerprint density at radius 3 is 0.922 bits per heavy atom. The van der Waals surface area contributed by atoms with Gasteiger partial charge in [0.1, 0.15) is 11.6 Å². The molecule has 8 aromatic carbocycles. The van der Waals surface area contributed by atoms with Crippen molar-refractivity contribution in [2.24, 2.45) is 47.3 Å². The highest BCUT2D eigenvalue weighted by Gasteiger charge is 2.63. The lowest BCUT2D eigenvalue weighted by atomic mass is 9.41. The Morgan fingerprint density at radius 1 is 0.312 bits per heavy atom. The molecule has 4 nitrogen and oxygen atoms in total. The van der Waals surface area contributed by atoms with E-state index < -0.39 is 8.07 Å². The van der Waals surface area contributed by atoms with Gasteiger partial charge >= 0.3 is 0 Å². The Balaban J connectivity index is 0.890. The highest BCUT2D eigenvalue weighted by molar-refractivity contribution is 7.19. The molecule has 0 saturated heterocycles. The van der Waals surface area contributed by atoms with E-state index in [0.29, 0.717) is 23.7 Å². The smallest absolute Gasteiger partial charge is 0.179 e. The zero-order chi connectivity index (χ0) is 50.5. The van der Waals surface area contributed by atoms with Crippen LogP contribution < -0.4 is 30.5 Å². The SMILES string of the molecule is c1ccc([Si](c2ccccc2)(c2ccccc2)c2ccc(-c3nc(N4c5ccccc5C5(c6ccccc64)C4CC6CC(C4)CC5C6)cc(N4c5ccccc5C5(c6ccccc64)C4CC6CC(C4)CC5C6)n3)cc2)cc1. The molecule has 0 radical (unpaired) electrons. The van der Waals surface area contributed by atoms with Crippen LogP contribution in [0.3, 0.4) is 0 Å². The van der Waals surface area contributed by atoms with E-state index in [2.05, 4.69) is 228 Å². The van der Waals surface area contributed by atoms with Crippen molar-refractivity contribution in [1.82, 2.24) is 9.97 Å². The van der Waals surface area contributed by atoms with Crippen molar-refractivity contribution in [3.8, 4) is 11.4 Å². The summed E-state index contributed by atoms with van der Waals surface area (Å²) in [5.74, 6) is 8.64. The highest BCUT2D eigenvalue weighted by atomic mass is 28.3. The van der Waals surface area contributed by atoms with Gasteiger partial charge in [0.25, 0.3) is 0 Å². The number of nitrogens with zero attached hydrogens (tertiary/aromatic N) is 4. The van der Waals surface area contributed by atoms with Crippen LogP contribution in [0.5, 0.6) is 0 Å². The second-order valence-electron chi connectivity index (χ2n) is 24.9. The Hall–Kier alpha value is -7.34. The fourth-order valence-electron chi connectivity index (χ4n) is 19.4. The van der Waals surface area contributed by atoms with Gasteiger partial charge in [-0.25, -0.2) is 9.97 Å². The number of para-hydroxylation sites is 4. The predicted octanol–water partition coefficient (Wildman–Crippen LogP) is 14.6. The molecule has 19 rings (SSSR count). The van der Waals surface area contributed by atoms with Crippen molar-refractivity contribution in [2.75, 3.05) is 9.80 Å². The molecular weight excluding hydrogens is 949 g/mol. The second-order valence-corrected chi connectivity index (χ2v) is 28.7. The van der Waals surface area contributed by atoms with Crippen molar-refractivity contribution < 1.29 is 0 Å². The first-order valence-corrected chi connectivity index (χ1v) is 31.2. The summed E-state index contributed by atoms with van der Waals surface area (Å²) in [7, 11) is -2.78. The molecule has 0 N–H and O–H groups in total. The number of fused-ring (bicyclic) bond motifs is 4. The van der Waals surface area contributed by atoms with Gasteiger partial charge in [0.2, 0.25) is 0 Å². The van der Waals surface area contributed by atoms with Gasteiger partial charge in [0.15, 0.2) is 13.9 Å². The molecule has 9 aromatic rings. The summed E-state index contributed by atoms with van der Waals surface area (Å²) in [6, 6.07) is 83.7. The van der Waals surface area contributed by atoms with Crippen LogP contribution >= 0.6 is 0 Å². The molecule has 5 heteroatoms. The van der Waals surface area contributed by atoms with E-state index >= 15 is 0 Å². The minimum Gasteiger partial charge on any atom is -0.294 e. The molecule has 376 valence electrons. The van der Waals surface area contributed by atoms with E-state index in [1.54, 1.807) is 0 Å². The molecule has 0 unspecified atom stereocenters. The second kappa shape index (κ2) is 16.8. The van der Waals surface area contributed by atoms with Gasteiger partial charge < -0.3 is 0 Å². The van der Waals surface area contributed by atoms with Crippen LogP contribution in [0, 0.1) is 47.3 Å². The standard InChI is InChI=1S/C72H64N4Si/c1-4-18-56(19-5-1)77(57-20-6-2-7-21-57,58-22-8-3-9-23-58)59-34-32-51(33-35-59)70-73-68(75-64-28-14-10-24-60(64)71(61-25-11-15-29-65(61)75)52-38-47-36-48(40-52)41-53(71)39-47)46-69(74-70)76-66-30-16-12-26-62(66)72(63-27-13-17-31-67(63)76)54-42-49-37-50(44-54)45-55(72)43-49/h1-35,46-50,52-55H,36-45H2. The zero-order valence-corrected chi connectivity index (χ0v) is 44.8. The van der Waals surface area contributed by atoms with E-state index in [-0.39, 0.29) is 10.8 Å². The normalized spacial score (nSPS) is 26.1. The maximum Gasteiger partial charge on any atom is 0.179 e. The Bertz CT molecular complexity index is 3350. The monoisotopic (exact) mass is 1010 g/mol. The molecule has 10 aliphatic rings. The van der Waals surface area contributed by atoms with Crippen molar-refractivity contribution in [3.05, 3.63) is 241 Å². The minimum absolute atomic E-state index is 0.00397. The van der Waals surface area contributed by atoms with Gasteiger partial charge in [-0.3, -0.25) is 9.80 Å². The summed E-state index contributed by atoms with van der Waals surface area (Å²) < 4.78 is 0. The molecule has 1 aromatic heterocycles. The summed E-state index contributed by atoms with van der Waals surface area (Å²) in [5.41, 5.74) is 12.1. The van der Waals surface area contributed by atoms with Gasteiger partial charge in [-0.1, -0.05) is 188 Å². The van der Waals surface area contributed by atoms with E-state index in [1.165, 1.54) is 130 Å². The maximum atomic E-state index is 5.87. The fraction of sp³-hybridized carbons (Fsp3) is 0.278. The van der Waals surface area contributed by atoms with Gasteiger partial charge in [-0.05, 0) is 179 Å². The summed E-state index contributed by atoms with van der Waals surface area (Å²) in [5, 5.41) is 5.43. The molecule has 0 amide bonds. The first kappa shape index (κ1) is 44.8. The number of benzene rings is 8. The molecule has 0 atom stereocenters. The predicted molar refractivity (Wildman–Crippen MR) is 316 cm³/mol. The van der Waals surface area contributed by atoms with Crippen LogP contribution in [0.4, 0.5) is 34.4 Å². The molecule has 2 spiro atoms. The van der Waals surface area contributed by atoms with Crippen LogP contribution in [-0.4, -0.2) is 18.0 Å². The lowest BCUT2D eigenvalue weighted by molar-refractivity contribution is -0.0419. The van der Waals surface area contributed by atoms with Gasteiger partial charge in [0, 0.05) is 22.5 Å². The van der Waals surface area contributed by atoms with E-state index in [4.69, 9.17) is 9.97 Å². The number of hydrogen-bond acceptors (Lipinski definition) is 4. The van der Waals surface area contributed by atoms with E-state index in [1.807, 2.05) is 0 Å². The summed E-state index contributed by atoms with van der Waals surface area (Å²) >= 11 is 0. The van der Waals surface area contributed by atoms with Gasteiger partial charge in [-0.15, -0.1) is 0 Å². The minimum atomic E-state index is -2.78. The third kappa shape index (κ3) is 6.15. The van der Waals surface area contributed by atoms with Crippen molar-refractivity contribution >= 4 is 63.2 Å². The molecule has 8 saturated carbocycles. The van der Waals surface area contributed by atoms with Gasteiger partial charge in [-0.2, -0.15) is 0 Å². The lowest BCUT2D eigenvalue weighted by Gasteiger charge is -2.64. The first-order valence-electron chi connectivity index (χ1n) is 29.2. The van der Waals surface area contributed by atoms with E-state index in [9.17, 15) is 0 Å². The van der Waals surface area contributed by atoms with Crippen LogP contribution in [-0.2, 0) is 10.8 Å². The van der Waals surface area contributed by atoms with Gasteiger partial charge in [0.05, 0.1) is 22.7 Å². The number of anilines is 6. The zero-order valence-electron chi connectivity index (χ0n) is 43.8. The Kier molecular flexibility index (Phi) is 9.78. The molecule has 3 heterocycles. The van der Waals surface area contributed by atoms with E-state index in [0.717, 1.165) is 46.7 Å². The number of rotatable bonds is 7. The average Bonchev–Trinajstić information content (AvgIpc) is 3.67. The molecule has 2 aliphatic heterocycles. The Labute approximate surface area is 454 Å². The van der Waals surface area contributed by atoms with Crippen LogP contribution in [0.2, 0.25) is 0 Å². The molecular formula is C72H64N4Si. The third-order valence-electron chi connectivity index (χ3n) is 21.6. The summed E-state index contributed by atoms with van der Waals surface area (Å²) in [6.45, 7) is 0. The Morgan fingerprint density at radius 2 is 0.597 bits per heavy atom. The molecule has 77 heavy (non-hydrogen) atoms. The fourth-order valence-corrected chi connectivity index (χ4v) is 24.2. The summed E-state index contributed by atoms with van der Waals surface area (Å²) in [4.78, 5) is 16.8. The number of hydrogen-bond donors (Lipinski definition) is 0. The molecule has 8 bridgehead atoms. The van der Waals surface area contributed by atoms with Crippen LogP contribution in [0.15, 0.2) is 218 Å². The van der Waals surface area contributed by atoms with Crippen molar-refractivity contribution in [1.29, 1.82) is 0 Å². The topological polar surface area (TPSA) is 32.3 Å². The molecule has 8 aliphatic carbocycles. The third-order valence-corrected chi connectivity index (χ3v) is 26.4. The highest BCUT2D eigenvalue weighted by Crippen LogP contribution is 2.71.